The maximum Gasteiger partial charge on any atom is 0.337 e. The van der Waals surface area contributed by atoms with Crippen molar-refractivity contribution in [3.63, 3.8) is 0 Å². The molecule has 3 atom stereocenters. The molecule has 0 heterocycles. The standard InChI is InChI=1S/C36H55F4NO7/c1-4-6-8-12-15-22-35(39,40)23-16-13-10-9-11-14-17-29(36(46,34(44)45)26-31(37)38)32(42)41-30(33(43)47-3)25-27-18-20-28(21-19-27)48-24-7-5-2/h14,17-21,29-31,46H,4-13,15-16,22-26H2,1-3H3,(H,41,42)(H,44,45)/t29-,30+,36+/m1/s1. The van der Waals surface area contributed by atoms with Gasteiger partial charge in [0.05, 0.1) is 19.6 Å². The summed E-state index contributed by atoms with van der Waals surface area (Å²) in [6.45, 7) is 4.64. The summed E-state index contributed by atoms with van der Waals surface area (Å²) in [6.07, 6.45) is 5.76. The molecule has 12 heteroatoms. The number of unbranched alkanes of at least 4 members (excludes halogenated alkanes) is 9. The van der Waals surface area contributed by atoms with Crippen molar-refractivity contribution in [1.29, 1.82) is 0 Å². The minimum absolute atomic E-state index is 0.0671. The monoisotopic (exact) mass is 689 g/mol. The Morgan fingerprint density at radius 2 is 1.48 bits per heavy atom. The molecule has 0 saturated carbocycles. The molecule has 0 radical (unpaired) electrons. The predicted octanol–water partition coefficient (Wildman–Crippen LogP) is 8.05. The average molecular weight is 690 g/mol. The predicted molar refractivity (Wildman–Crippen MR) is 176 cm³/mol. The number of hydrogen-bond acceptors (Lipinski definition) is 6. The van der Waals surface area contributed by atoms with Crippen LogP contribution in [-0.4, -0.2) is 65.8 Å². The van der Waals surface area contributed by atoms with Crippen molar-refractivity contribution < 1.29 is 51.6 Å². The topological polar surface area (TPSA) is 122 Å². The van der Waals surface area contributed by atoms with Gasteiger partial charge in [0.1, 0.15) is 11.8 Å². The van der Waals surface area contributed by atoms with Gasteiger partial charge in [0.15, 0.2) is 5.60 Å². The Kier molecular flexibility index (Phi) is 20.8. The quantitative estimate of drug-likeness (QED) is 0.0370. The van der Waals surface area contributed by atoms with Crippen LogP contribution in [0.5, 0.6) is 5.75 Å². The third kappa shape index (κ3) is 16.8. The van der Waals surface area contributed by atoms with Crippen LogP contribution in [0.4, 0.5) is 17.6 Å². The van der Waals surface area contributed by atoms with Gasteiger partial charge in [-0.3, -0.25) is 4.79 Å². The molecular weight excluding hydrogens is 634 g/mol. The number of ether oxygens (including phenoxy) is 2. The molecule has 0 spiro atoms. The first-order chi connectivity index (χ1) is 22.8. The molecule has 48 heavy (non-hydrogen) atoms. The van der Waals surface area contributed by atoms with Crippen LogP contribution in [0.15, 0.2) is 36.4 Å². The van der Waals surface area contributed by atoms with Crippen molar-refractivity contribution in [3.05, 3.63) is 42.0 Å². The molecule has 1 amide bonds. The Morgan fingerprint density at radius 3 is 2.02 bits per heavy atom. The molecule has 0 bridgehead atoms. The van der Waals surface area contributed by atoms with Crippen LogP contribution in [0.25, 0.3) is 0 Å². The van der Waals surface area contributed by atoms with Crippen molar-refractivity contribution in [2.24, 2.45) is 5.92 Å². The van der Waals surface area contributed by atoms with E-state index >= 15 is 0 Å². The highest BCUT2D eigenvalue weighted by atomic mass is 19.3. The molecule has 0 fully saturated rings. The molecule has 0 unspecified atom stereocenters. The number of benzene rings is 1. The maximum absolute atomic E-state index is 14.1. The van der Waals surface area contributed by atoms with Crippen LogP contribution in [0.2, 0.25) is 0 Å². The molecule has 0 saturated heterocycles. The normalized spacial score (nSPS) is 14.4. The van der Waals surface area contributed by atoms with Crippen LogP contribution in [0, 0.1) is 5.92 Å². The van der Waals surface area contributed by atoms with Crippen molar-refractivity contribution in [2.75, 3.05) is 13.7 Å². The van der Waals surface area contributed by atoms with Gasteiger partial charge in [0.2, 0.25) is 18.3 Å². The Balaban J connectivity index is 2.89. The second kappa shape index (κ2) is 23.2. The largest absolute Gasteiger partial charge is 0.494 e. The number of nitrogens with one attached hydrogen (secondary N) is 1. The van der Waals surface area contributed by atoms with Gasteiger partial charge < -0.3 is 25.0 Å². The molecule has 1 aromatic carbocycles. The van der Waals surface area contributed by atoms with Crippen LogP contribution in [-0.2, 0) is 25.5 Å². The number of allylic oxidation sites excluding steroid dienone is 1. The summed E-state index contributed by atoms with van der Waals surface area (Å²) in [5.74, 6) is -8.09. The van der Waals surface area contributed by atoms with Gasteiger partial charge in [0, 0.05) is 25.7 Å². The number of amides is 1. The van der Waals surface area contributed by atoms with Crippen molar-refractivity contribution in [2.45, 2.75) is 141 Å². The van der Waals surface area contributed by atoms with Crippen LogP contribution in [0.1, 0.15) is 116 Å². The summed E-state index contributed by atoms with van der Waals surface area (Å²) in [5, 5.41) is 23.0. The fourth-order valence-corrected chi connectivity index (χ4v) is 5.28. The van der Waals surface area contributed by atoms with Crippen molar-refractivity contribution in [1.82, 2.24) is 5.32 Å². The smallest absolute Gasteiger partial charge is 0.337 e. The fourth-order valence-electron chi connectivity index (χ4n) is 5.28. The number of carboxylic acids is 1. The number of aliphatic hydroxyl groups is 1. The molecule has 1 rings (SSSR count). The number of aliphatic carboxylic acids is 1. The summed E-state index contributed by atoms with van der Waals surface area (Å²) >= 11 is 0. The number of carbonyl (C=O) groups excluding carboxylic acids is 2. The lowest BCUT2D eigenvalue weighted by Crippen LogP contribution is -2.55. The zero-order chi connectivity index (χ0) is 36.0. The lowest BCUT2D eigenvalue weighted by Gasteiger charge is -2.30. The Hall–Kier alpha value is -3.15. The van der Waals surface area contributed by atoms with Crippen LogP contribution < -0.4 is 10.1 Å². The third-order valence-corrected chi connectivity index (χ3v) is 8.20. The molecule has 3 N–H and O–H groups in total. The van der Waals surface area contributed by atoms with E-state index in [0.717, 1.165) is 51.7 Å². The molecule has 274 valence electrons. The molecule has 1 aromatic rings. The average Bonchev–Trinajstić information content (AvgIpc) is 3.03. The highest BCUT2D eigenvalue weighted by molar-refractivity contribution is 5.92. The van der Waals surface area contributed by atoms with E-state index in [2.05, 4.69) is 12.2 Å². The molecule has 0 aliphatic carbocycles. The van der Waals surface area contributed by atoms with E-state index in [0.29, 0.717) is 50.0 Å². The number of carboxylic acid groups (broad SMARTS) is 1. The number of esters is 1. The number of rotatable bonds is 27. The number of hydrogen-bond donors (Lipinski definition) is 3. The first kappa shape index (κ1) is 42.9. The van der Waals surface area contributed by atoms with Gasteiger partial charge in [-0.05, 0) is 49.8 Å². The lowest BCUT2D eigenvalue weighted by atomic mass is 9.82. The summed E-state index contributed by atoms with van der Waals surface area (Å²) in [7, 11) is 1.10. The van der Waals surface area contributed by atoms with Gasteiger partial charge >= 0.3 is 11.9 Å². The van der Waals surface area contributed by atoms with E-state index in [1.807, 2.05) is 6.92 Å². The first-order valence-electron chi connectivity index (χ1n) is 17.2. The van der Waals surface area contributed by atoms with Crippen molar-refractivity contribution >= 4 is 17.8 Å². The minimum Gasteiger partial charge on any atom is -0.494 e. The van der Waals surface area contributed by atoms with Crippen molar-refractivity contribution in [3.8, 4) is 5.75 Å². The van der Waals surface area contributed by atoms with Crippen LogP contribution in [0.3, 0.4) is 0 Å². The summed E-state index contributed by atoms with van der Waals surface area (Å²) in [4.78, 5) is 38.0. The van der Waals surface area contributed by atoms with E-state index in [1.165, 1.54) is 6.08 Å². The Labute approximate surface area is 282 Å². The molecule has 8 nitrogen and oxygen atoms in total. The zero-order valence-corrected chi connectivity index (χ0v) is 28.7. The van der Waals surface area contributed by atoms with Gasteiger partial charge in [-0.1, -0.05) is 83.1 Å². The van der Waals surface area contributed by atoms with Gasteiger partial charge in [-0.15, -0.1) is 0 Å². The van der Waals surface area contributed by atoms with E-state index < -0.39 is 54.2 Å². The Morgan fingerprint density at radius 1 is 0.896 bits per heavy atom. The lowest BCUT2D eigenvalue weighted by molar-refractivity contribution is -0.171. The third-order valence-electron chi connectivity index (χ3n) is 8.20. The molecule has 0 aliphatic rings. The number of halogens is 4. The highest BCUT2D eigenvalue weighted by Crippen LogP contribution is 2.30. The first-order valence-corrected chi connectivity index (χ1v) is 17.2. The van der Waals surface area contributed by atoms with E-state index in [4.69, 9.17) is 9.47 Å². The molecule has 0 aromatic heterocycles. The summed E-state index contributed by atoms with van der Waals surface area (Å²) < 4.78 is 65.6. The van der Waals surface area contributed by atoms with E-state index in [-0.39, 0.29) is 25.7 Å². The van der Waals surface area contributed by atoms with Crippen LogP contribution >= 0.6 is 0 Å². The zero-order valence-electron chi connectivity index (χ0n) is 28.7. The fraction of sp³-hybridized carbons (Fsp3) is 0.694. The molecule has 0 aliphatic heterocycles. The second-order valence-electron chi connectivity index (χ2n) is 12.3. The number of alkyl halides is 4. The van der Waals surface area contributed by atoms with E-state index in [1.54, 1.807) is 24.3 Å². The second-order valence-corrected chi connectivity index (χ2v) is 12.3. The van der Waals surface area contributed by atoms with E-state index in [9.17, 15) is 42.2 Å². The molecular formula is C36H55F4NO7. The van der Waals surface area contributed by atoms with Gasteiger partial charge in [-0.2, -0.15) is 0 Å². The summed E-state index contributed by atoms with van der Waals surface area (Å²) in [5.41, 5.74) is -2.57. The number of carbonyl (C=O) groups is 3. The highest BCUT2D eigenvalue weighted by Gasteiger charge is 2.49. The summed E-state index contributed by atoms with van der Waals surface area (Å²) in [6, 6.07) is 5.44. The Bertz CT molecular complexity index is 1100. The SMILES string of the molecule is CCCCCCCC(F)(F)CCCCCCC=C[C@H](C(=O)N[C@@H](Cc1ccc(OCCCC)cc1)C(=O)OC)[C@@](O)(CC(F)F)C(=O)O. The number of methoxy groups -OCH3 is 1. The minimum atomic E-state index is -3.25. The van der Waals surface area contributed by atoms with Gasteiger partial charge in [0.25, 0.3) is 0 Å². The van der Waals surface area contributed by atoms with Gasteiger partial charge in [-0.25, -0.2) is 27.2 Å². The maximum atomic E-state index is 14.1.